The third kappa shape index (κ3) is 2.44. The minimum Gasteiger partial charge on any atom is -0.340 e. The maximum atomic E-state index is 4.71. The highest BCUT2D eigenvalue weighted by Gasteiger charge is 2.10. The van der Waals surface area contributed by atoms with Gasteiger partial charge in [-0.2, -0.15) is 0 Å². The second-order valence-electron chi connectivity index (χ2n) is 5.83. The first-order valence-corrected chi connectivity index (χ1v) is 8.05. The van der Waals surface area contributed by atoms with E-state index in [1.54, 1.807) is 12.4 Å². The standard InChI is InChI=1S/C19H14N6/c1-2-5-13(6-3-1)19-21-10-8-17-22-14(12-25(17)19)11-16-23-15-7-4-9-20-18(15)24-16/h1-10,12H,11H2,(H,20,23,24). The van der Waals surface area contributed by atoms with E-state index in [4.69, 9.17) is 4.98 Å². The molecule has 6 heteroatoms. The molecule has 0 aliphatic carbocycles. The molecule has 0 saturated heterocycles. The van der Waals surface area contributed by atoms with Gasteiger partial charge < -0.3 is 4.98 Å². The molecular weight excluding hydrogens is 312 g/mol. The van der Waals surface area contributed by atoms with Crippen LogP contribution in [0, 0.1) is 0 Å². The molecule has 25 heavy (non-hydrogen) atoms. The molecule has 0 fully saturated rings. The van der Waals surface area contributed by atoms with Crippen molar-refractivity contribution in [3.05, 3.63) is 78.6 Å². The van der Waals surface area contributed by atoms with Crippen LogP contribution >= 0.6 is 0 Å². The number of nitrogens with one attached hydrogen (secondary N) is 1. The first kappa shape index (κ1) is 13.9. The summed E-state index contributed by atoms with van der Waals surface area (Å²) >= 11 is 0. The molecule has 0 spiro atoms. The molecule has 0 aliphatic rings. The van der Waals surface area contributed by atoms with Crippen molar-refractivity contribution in [3.8, 4) is 11.4 Å². The van der Waals surface area contributed by atoms with E-state index in [2.05, 4.69) is 19.9 Å². The highest BCUT2D eigenvalue weighted by atomic mass is 15.1. The number of benzene rings is 1. The lowest BCUT2D eigenvalue weighted by atomic mass is 10.2. The van der Waals surface area contributed by atoms with Crippen LogP contribution in [0.5, 0.6) is 0 Å². The van der Waals surface area contributed by atoms with Crippen molar-refractivity contribution >= 4 is 16.8 Å². The van der Waals surface area contributed by atoms with Crippen molar-refractivity contribution in [2.45, 2.75) is 6.42 Å². The zero-order valence-electron chi connectivity index (χ0n) is 13.3. The quantitative estimate of drug-likeness (QED) is 0.552. The molecule has 0 saturated carbocycles. The van der Waals surface area contributed by atoms with Gasteiger partial charge in [0.25, 0.3) is 0 Å². The first-order chi connectivity index (χ1) is 12.4. The molecule has 120 valence electrons. The van der Waals surface area contributed by atoms with Gasteiger partial charge in [0.1, 0.15) is 17.3 Å². The highest BCUT2D eigenvalue weighted by molar-refractivity contribution is 5.70. The van der Waals surface area contributed by atoms with Gasteiger partial charge in [-0.1, -0.05) is 30.3 Å². The molecule has 4 aromatic heterocycles. The number of H-pyrrole nitrogens is 1. The second-order valence-corrected chi connectivity index (χ2v) is 5.83. The summed E-state index contributed by atoms with van der Waals surface area (Å²) in [5.41, 5.74) is 4.54. The molecule has 0 atom stereocenters. The van der Waals surface area contributed by atoms with Crippen LogP contribution < -0.4 is 0 Å². The Hall–Kier alpha value is -3.54. The van der Waals surface area contributed by atoms with Gasteiger partial charge >= 0.3 is 0 Å². The molecule has 5 rings (SSSR count). The summed E-state index contributed by atoms with van der Waals surface area (Å²) in [7, 11) is 0. The van der Waals surface area contributed by atoms with Crippen molar-refractivity contribution in [1.29, 1.82) is 0 Å². The predicted octanol–water partition coefficient (Wildman–Crippen LogP) is 3.26. The van der Waals surface area contributed by atoms with Gasteiger partial charge in [-0.3, -0.25) is 4.40 Å². The minimum atomic E-state index is 0.617. The number of aromatic nitrogens is 6. The van der Waals surface area contributed by atoms with Crippen molar-refractivity contribution in [2.24, 2.45) is 0 Å². The minimum absolute atomic E-state index is 0.617. The van der Waals surface area contributed by atoms with Crippen LogP contribution in [-0.4, -0.2) is 29.3 Å². The van der Waals surface area contributed by atoms with E-state index < -0.39 is 0 Å². The van der Waals surface area contributed by atoms with Crippen LogP contribution in [0.25, 0.3) is 28.2 Å². The smallest absolute Gasteiger partial charge is 0.177 e. The van der Waals surface area contributed by atoms with Crippen molar-refractivity contribution in [1.82, 2.24) is 29.3 Å². The van der Waals surface area contributed by atoms with Gasteiger partial charge in [-0.05, 0) is 18.2 Å². The number of aromatic amines is 1. The Morgan fingerprint density at radius 3 is 2.68 bits per heavy atom. The van der Waals surface area contributed by atoms with Gasteiger partial charge in [0.15, 0.2) is 5.65 Å². The Morgan fingerprint density at radius 1 is 0.880 bits per heavy atom. The van der Waals surface area contributed by atoms with Crippen LogP contribution in [0.2, 0.25) is 0 Å². The van der Waals surface area contributed by atoms with E-state index in [9.17, 15) is 0 Å². The molecule has 1 aromatic carbocycles. The predicted molar refractivity (Wildman–Crippen MR) is 95.1 cm³/mol. The maximum absolute atomic E-state index is 4.71. The zero-order chi connectivity index (χ0) is 16.6. The van der Waals surface area contributed by atoms with Crippen LogP contribution in [0.1, 0.15) is 11.5 Å². The Kier molecular flexibility index (Phi) is 3.06. The van der Waals surface area contributed by atoms with E-state index in [-0.39, 0.29) is 0 Å². The third-order valence-corrected chi connectivity index (χ3v) is 4.12. The summed E-state index contributed by atoms with van der Waals surface area (Å²) in [6, 6.07) is 15.9. The highest BCUT2D eigenvalue weighted by Crippen LogP contribution is 2.19. The first-order valence-electron chi connectivity index (χ1n) is 8.05. The molecule has 0 unspecified atom stereocenters. The van der Waals surface area contributed by atoms with Crippen molar-refractivity contribution in [3.63, 3.8) is 0 Å². The fourth-order valence-electron chi connectivity index (χ4n) is 3.01. The molecule has 1 N–H and O–H groups in total. The lowest BCUT2D eigenvalue weighted by Gasteiger charge is -2.03. The molecule has 6 nitrogen and oxygen atoms in total. The van der Waals surface area contributed by atoms with Crippen molar-refractivity contribution in [2.75, 3.05) is 0 Å². The van der Waals surface area contributed by atoms with E-state index in [1.165, 1.54) is 0 Å². The Balaban J connectivity index is 1.56. The number of hydrogen-bond donors (Lipinski definition) is 1. The number of imidazole rings is 2. The number of fused-ring (bicyclic) bond motifs is 2. The summed E-state index contributed by atoms with van der Waals surface area (Å²) in [5.74, 6) is 1.73. The third-order valence-electron chi connectivity index (χ3n) is 4.12. The van der Waals surface area contributed by atoms with Gasteiger partial charge in [0.05, 0.1) is 11.2 Å². The van der Waals surface area contributed by atoms with Gasteiger partial charge in [0, 0.05) is 30.6 Å². The maximum Gasteiger partial charge on any atom is 0.177 e. The lowest BCUT2D eigenvalue weighted by molar-refractivity contribution is 0.999. The average Bonchev–Trinajstić information content (AvgIpc) is 3.25. The van der Waals surface area contributed by atoms with Gasteiger partial charge in [-0.25, -0.2) is 19.9 Å². The monoisotopic (exact) mass is 326 g/mol. The Bertz CT molecular complexity index is 1140. The van der Waals surface area contributed by atoms with Gasteiger partial charge in [-0.15, -0.1) is 0 Å². The fraction of sp³-hybridized carbons (Fsp3) is 0.0526. The molecular formula is C19H14N6. The summed E-state index contributed by atoms with van der Waals surface area (Å²) in [4.78, 5) is 21.3. The average molecular weight is 326 g/mol. The normalized spacial score (nSPS) is 11.4. The summed E-state index contributed by atoms with van der Waals surface area (Å²) in [6.07, 6.45) is 6.17. The van der Waals surface area contributed by atoms with E-state index >= 15 is 0 Å². The van der Waals surface area contributed by atoms with Crippen molar-refractivity contribution < 1.29 is 0 Å². The molecule has 0 bridgehead atoms. The van der Waals surface area contributed by atoms with Crippen LogP contribution in [0.3, 0.4) is 0 Å². The van der Waals surface area contributed by atoms with E-state index in [0.717, 1.165) is 39.7 Å². The summed E-state index contributed by atoms with van der Waals surface area (Å²) in [5, 5.41) is 0. The van der Waals surface area contributed by atoms with Crippen LogP contribution in [0.4, 0.5) is 0 Å². The number of pyridine rings is 1. The van der Waals surface area contributed by atoms with Crippen LogP contribution in [-0.2, 0) is 6.42 Å². The SMILES string of the molecule is c1ccc(-c2nccc3nc(Cc4nc5ncccc5[nH]4)cn23)cc1. The lowest BCUT2D eigenvalue weighted by Crippen LogP contribution is -1.93. The largest absolute Gasteiger partial charge is 0.340 e. The Labute approximate surface area is 143 Å². The van der Waals surface area contributed by atoms with Gasteiger partial charge in [0.2, 0.25) is 0 Å². The molecule has 0 amide bonds. The number of nitrogens with zero attached hydrogens (tertiary/aromatic N) is 5. The summed E-state index contributed by atoms with van der Waals surface area (Å²) < 4.78 is 2.02. The fourth-order valence-corrected chi connectivity index (χ4v) is 3.01. The topological polar surface area (TPSA) is 71.8 Å². The van der Waals surface area contributed by atoms with E-state index in [1.807, 2.05) is 59.1 Å². The molecule has 5 aromatic rings. The molecule has 4 heterocycles. The van der Waals surface area contributed by atoms with E-state index in [0.29, 0.717) is 6.42 Å². The second kappa shape index (κ2) is 5.52. The number of hydrogen-bond acceptors (Lipinski definition) is 4. The molecule has 0 aliphatic heterocycles. The number of rotatable bonds is 3. The zero-order valence-corrected chi connectivity index (χ0v) is 13.3. The Morgan fingerprint density at radius 2 is 1.80 bits per heavy atom. The van der Waals surface area contributed by atoms with Crippen LogP contribution in [0.15, 0.2) is 67.1 Å². The summed E-state index contributed by atoms with van der Waals surface area (Å²) in [6.45, 7) is 0. The molecule has 0 radical (unpaired) electrons.